The van der Waals surface area contributed by atoms with Gasteiger partial charge in [-0.25, -0.2) is 4.79 Å². The molecule has 0 saturated carbocycles. The van der Waals surface area contributed by atoms with Gasteiger partial charge in [0, 0.05) is 26.2 Å². The lowest BCUT2D eigenvalue weighted by molar-refractivity contribution is -0.138. The van der Waals surface area contributed by atoms with Crippen molar-refractivity contribution in [3.05, 3.63) is 0 Å². The topological polar surface area (TPSA) is 49.9 Å². The summed E-state index contributed by atoms with van der Waals surface area (Å²) in [6, 6.07) is 0. The fraction of sp³-hybridized carbons (Fsp3) is 0.857. The SMILES string of the molecule is COC(=O)N1CCCC(C(=O)N2CCCC(C)C2)C1. The third-order valence-electron chi connectivity index (χ3n) is 4.17. The van der Waals surface area contributed by atoms with Gasteiger partial charge in [0.2, 0.25) is 5.91 Å². The van der Waals surface area contributed by atoms with Crippen molar-refractivity contribution >= 4 is 12.0 Å². The number of ether oxygens (including phenoxy) is 1. The van der Waals surface area contributed by atoms with E-state index in [9.17, 15) is 9.59 Å². The summed E-state index contributed by atoms with van der Waals surface area (Å²) in [7, 11) is 1.39. The van der Waals surface area contributed by atoms with E-state index in [0.29, 0.717) is 19.0 Å². The Hall–Kier alpha value is -1.26. The second-order valence-corrected chi connectivity index (χ2v) is 5.79. The minimum Gasteiger partial charge on any atom is -0.453 e. The predicted octanol–water partition coefficient (Wildman–Crippen LogP) is 1.72. The molecule has 0 aliphatic carbocycles. The Kier molecular flexibility index (Phi) is 4.66. The summed E-state index contributed by atoms with van der Waals surface area (Å²) in [6.45, 7) is 5.15. The fourth-order valence-corrected chi connectivity index (χ4v) is 3.12. The van der Waals surface area contributed by atoms with Crippen LogP contribution in [0.1, 0.15) is 32.6 Å². The first-order chi connectivity index (χ1) is 9.11. The van der Waals surface area contributed by atoms with E-state index in [1.54, 1.807) is 4.90 Å². The molecule has 19 heavy (non-hydrogen) atoms. The van der Waals surface area contributed by atoms with Gasteiger partial charge < -0.3 is 14.5 Å². The molecule has 0 bridgehead atoms. The van der Waals surface area contributed by atoms with Crippen LogP contribution in [0.25, 0.3) is 0 Å². The molecular weight excluding hydrogens is 244 g/mol. The van der Waals surface area contributed by atoms with Crippen LogP contribution in [0.5, 0.6) is 0 Å². The van der Waals surface area contributed by atoms with Crippen molar-refractivity contribution in [2.45, 2.75) is 32.6 Å². The normalized spacial score (nSPS) is 28.1. The van der Waals surface area contributed by atoms with Crippen molar-refractivity contribution in [3.8, 4) is 0 Å². The Balaban J connectivity index is 1.93. The van der Waals surface area contributed by atoms with E-state index in [4.69, 9.17) is 4.74 Å². The summed E-state index contributed by atoms with van der Waals surface area (Å²) < 4.78 is 4.74. The van der Waals surface area contributed by atoms with E-state index >= 15 is 0 Å². The summed E-state index contributed by atoms with van der Waals surface area (Å²) >= 11 is 0. The minimum absolute atomic E-state index is 0.0434. The van der Waals surface area contributed by atoms with E-state index < -0.39 is 0 Å². The molecule has 2 fully saturated rings. The Bertz CT molecular complexity index is 346. The predicted molar refractivity (Wildman–Crippen MR) is 71.7 cm³/mol. The Labute approximate surface area is 114 Å². The summed E-state index contributed by atoms with van der Waals surface area (Å²) in [5.74, 6) is 0.774. The maximum absolute atomic E-state index is 12.5. The van der Waals surface area contributed by atoms with Gasteiger partial charge in [-0.15, -0.1) is 0 Å². The van der Waals surface area contributed by atoms with Crippen molar-refractivity contribution in [2.24, 2.45) is 11.8 Å². The van der Waals surface area contributed by atoms with Crippen molar-refractivity contribution in [1.29, 1.82) is 0 Å². The maximum Gasteiger partial charge on any atom is 0.409 e. The van der Waals surface area contributed by atoms with E-state index in [2.05, 4.69) is 6.92 Å². The Morgan fingerprint density at radius 3 is 2.42 bits per heavy atom. The third-order valence-corrected chi connectivity index (χ3v) is 4.17. The smallest absolute Gasteiger partial charge is 0.409 e. The van der Waals surface area contributed by atoms with E-state index in [-0.39, 0.29) is 17.9 Å². The lowest BCUT2D eigenvalue weighted by Crippen LogP contribution is -2.48. The Morgan fingerprint density at radius 2 is 1.74 bits per heavy atom. The van der Waals surface area contributed by atoms with Gasteiger partial charge in [0.1, 0.15) is 0 Å². The number of nitrogens with zero attached hydrogens (tertiary/aromatic N) is 2. The van der Waals surface area contributed by atoms with Gasteiger partial charge in [0.05, 0.1) is 13.0 Å². The van der Waals surface area contributed by atoms with Gasteiger partial charge in [-0.1, -0.05) is 6.92 Å². The summed E-state index contributed by atoms with van der Waals surface area (Å²) in [5, 5.41) is 0. The van der Waals surface area contributed by atoms with Gasteiger partial charge in [0.25, 0.3) is 0 Å². The first-order valence-corrected chi connectivity index (χ1v) is 7.23. The zero-order valence-electron chi connectivity index (χ0n) is 11.9. The number of methoxy groups -OCH3 is 1. The highest BCUT2D eigenvalue weighted by molar-refractivity contribution is 5.80. The molecule has 0 aromatic rings. The molecule has 2 atom stereocenters. The highest BCUT2D eigenvalue weighted by Gasteiger charge is 2.32. The molecule has 2 amide bonds. The van der Waals surface area contributed by atoms with Crippen LogP contribution in [-0.4, -0.2) is 55.1 Å². The fourth-order valence-electron chi connectivity index (χ4n) is 3.12. The lowest BCUT2D eigenvalue weighted by atomic mass is 9.94. The number of carbonyl (C=O) groups is 2. The number of piperidine rings is 2. The molecule has 0 spiro atoms. The van der Waals surface area contributed by atoms with Gasteiger partial charge in [-0.2, -0.15) is 0 Å². The van der Waals surface area contributed by atoms with Crippen molar-refractivity contribution in [3.63, 3.8) is 0 Å². The standard InChI is InChI=1S/C14H24N2O3/c1-11-5-3-7-15(9-11)13(17)12-6-4-8-16(10-12)14(18)19-2/h11-12H,3-10H2,1-2H3. The molecule has 0 radical (unpaired) electrons. The first kappa shape index (κ1) is 14.2. The first-order valence-electron chi connectivity index (χ1n) is 7.23. The lowest BCUT2D eigenvalue weighted by Gasteiger charge is -2.37. The van der Waals surface area contributed by atoms with Gasteiger partial charge >= 0.3 is 6.09 Å². The number of hydrogen-bond donors (Lipinski definition) is 0. The van der Waals surface area contributed by atoms with E-state index in [1.807, 2.05) is 4.90 Å². The van der Waals surface area contributed by atoms with Crippen LogP contribution in [0.2, 0.25) is 0 Å². The molecule has 0 aromatic carbocycles. The second kappa shape index (κ2) is 6.26. The number of amides is 2. The zero-order valence-corrected chi connectivity index (χ0v) is 11.9. The molecule has 2 aliphatic heterocycles. The van der Waals surface area contributed by atoms with Crippen molar-refractivity contribution in [1.82, 2.24) is 9.80 Å². The molecular formula is C14H24N2O3. The maximum atomic E-state index is 12.5. The molecule has 5 heteroatoms. The monoisotopic (exact) mass is 268 g/mol. The molecule has 0 aromatic heterocycles. The average molecular weight is 268 g/mol. The zero-order chi connectivity index (χ0) is 13.8. The molecule has 2 aliphatic rings. The molecule has 2 rings (SSSR count). The quantitative estimate of drug-likeness (QED) is 0.727. The van der Waals surface area contributed by atoms with Crippen LogP contribution in [0.4, 0.5) is 4.79 Å². The highest BCUT2D eigenvalue weighted by atomic mass is 16.5. The van der Waals surface area contributed by atoms with Crippen LogP contribution in [0, 0.1) is 11.8 Å². The Morgan fingerprint density at radius 1 is 1.05 bits per heavy atom. The van der Waals surface area contributed by atoms with Crippen molar-refractivity contribution in [2.75, 3.05) is 33.3 Å². The van der Waals surface area contributed by atoms with Gasteiger partial charge in [-0.05, 0) is 31.6 Å². The van der Waals surface area contributed by atoms with Gasteiger partial charge in [-0.3, -0.25) is 4.79 Å². The second-order valence-electron chi connectivity index (χ2n) is 5.79. The van der Waals surface area contributed by atoms with E-state index in [1.165, 1.54) is 13.5 Å². The third kappa shape index (κ3) is 3.39. The average Bonchev–Trinajstić information content (AvgIpc) is 2.45. The van der Waals surface area contributed by atoms with E-state index in [0.717, 1.165) is 32.4 Å². The number of carbonyl (C=O) groups excluding carboxylic acids is 2. The van der Waals surface area contributed by atoms with Crippen molar-refractivity contribution < 1.29 is 14.3 Å². The molecule has 0 N–H and O–H groups in total. The molecule has 2 saturated heterocycles. The molecule has 2 heterocycles. The number of likely N-dealkylation sites (tertiary alicyclic amines) is 2. The number of hydrogen-bond acceptors (Lipinski definition) is 3. The van der Waals surface area contributed by atoms with Crippen LogP contribution in [0.15, 0.2) is 0 Å². The molecule has 5 nitrogen and oxygen atoms in total. The summed E-state index contributed by atoms with van der Waals surface area (Å²) in [6.07, 6.45) is 3.76. The largest absolute Gasteiger partial charge is 0.453 e. The van der Waals surface area contributed by atoms with Crippen LogP contribution in [-0.2, 0) is 9.53 Å². The highest BCUT2D eigenvalue weighted by Crippen LogP contribution is 2.23. The summed E-state index contributed by atoms with van der Waals surface area (Å²) in [4.78, 5) is 27.7. The number of rotatable bonds is 1. The van der Waals surface area contributed by atoms with Crippen LogP contribution in [0.3, 0.4) is 0 Å². The molecule has 2 unspecified atom stereocenters. The summed E-state index contributed by atoms with van der Waals surface area (Å²) in [5.41, 5.74) is 0. The minimum atomic E-state index is -0.315. The van der Waals surface area contributed by atoms with Crippen LogP contribution >= 0.6 is 0 Å². The van der Waals surface area contributed by atoms with Gasteiger partial charge in [0.15, 0.2) is 0 Å². The van der Waals surface area contributed by atoms with Crippen LogP contribution < -0.4 is 0 Å². The molecule has 108 valence electrons.